The molecule has 0 radical (unpaired) electrons. The van der Waals surface area contributed by atoms with Crippen molar-refractivity contribution in [3.8, 4) is 6.07 Å². The maximum absolute atomic E-state index is 13.7. The number of fused-ring (bicyclic) bond motifs is 1. The van der Waals surface area contributed by atoms with E-state index in [1.54, 1.807) is 6.07 Å². The van der Waals surface area contributed by atoms with Gasteiger partial charge in [0.25, 0.3) is 0 Å². The number of nitrogens with one attached hydrogen (secondary N) is 1. The second kappa shape index (κ2) is 6.11. The standard InChI is InChI=1S/C17H15FN2O2S/c18-15-8-4-10-17(14(15)11-19)23(21,22)20-16-9-3-6-12-5-1-2-7-13(12)16/h1-2,4-5,7-8,10,16,20H,3,6,9H2. The molecule has 2 aromatic rings. The average molecular weight is 330 g/mol. The summed E-state index contributed by atoms with van der Waals surface area (Å²) in [7, 11) is -3.98. The van der Waals surface area contributed by atoms with Crippen molar-refractivity contribution in [1.29, 1.82) is 5.26 Å². The van der Waals surface area contributed by atoms with Crippen molar-refractivity contribution >= 4 is 10.0 Å². The summed E-state index contributed by atoms with van der Waals surface area (Å²) in [5.41, 5.74) is 1.60. The summed E-state index contributed by atoms with van der Waals surface area (Å²) in [5, 5.41) is 9.04. The van der Waals surface area contributed by atoms with Crippen molar-refractivity contribution < 1.29 is 12.8 Å². The van der Waals surface area contributed by atoms with E-state index in [4.69, 9.17) is 5.26 Å². The summed E-state index contributed by atoms with van der Waals surface area (Å²) in [5.74, 6) is -0.834. The molecule has 0 spiro atoms. The molecule has 0 bridgehead atoms. The van der Waals surface area contributed by atoms with E-state index in [1.807, 2.05) is 24.3 Å². The number of aryl methyl sites for hydroxylation is 1. The maximum atomic E-state index is 13.7. The van der Waals surface area contributed by atoms with Crippen molar-refractivity contribution in [3.63, 3.8) is 0 Å². The van der Waals surface area contributed by atoms with Crippen LogP contribution in [0.5, 0.6) is 0 Å². The van der Waals surface area contributed by atoms with Crippen LogP contribution < -0.4 is 4.72 Å². The van der Waals surface area contributed by atoms with Crippen molar-refractivity contribution in [3.05, 3.63) is 65.0 Å². The van der Waals surface area contributed by atoms with Crippen molar-refractivity contribution in [2.45, 2.75) is 30.2 Å². The second-order valence-electron chi connectivity index (χ2n) is 5.49. The molecule has 3 rings (SSSR count). The number of halogens is 1. The van der Waals surface area contributed by atoms with Crippen LogP contribution in [0.2, 0.25) is 0 Å². The molecule has 0 aliphatic heterocycles. The van der Waals surface area contributed by atoms with Gasteiger partial charge in [0.1, 0.15) is 22.3 Å². The van der Waals surface area contributed by atoms with Crippen LogP contribution in [0.1, 0.15) is 35.6 Å². The Morgan fingerprint density at radius 3 is 2.74 bits per heavy atom. The number of benzene rings is 2. The Kier molecular flexibility index (Phi) is 4.16. The maximum Gasteiger partial charge on any atom is 0.242 e. The molecule has 4 nitrogen and oxygen atoms in total. The molecule has 6 heteroatoms. The van der Waals surface area contributed by atoms with Crippen LogP contribution in [0.25, 0.3) is 0 Å². The molecule has 1 N–H and O–H groups in total. The zero-order chi connectivity index (χ0) is 16.4. The van der Waals surface area contributed by atoms with Gasteiger partial charge in [-0.25, -0.2) is 17.5 Å². The minimum absolute atomic E-state index is 0.317. The third-order valence-electron chi connectivity index (χ3n) is 4.04. The molecule has 118 valence electrons. The third kappa shape index (κ3) is 2.98. The van der Waals surface area contributed by atoms with E-state index >= 15 is 0 Å². The predicted molar refractivity (Wildman–Crippen MR) is 83.6 cm³/mol. The Hall–Kier alpha value is -2.23. The largest absolute Gasteiger partial charge is 0.242 e. The van der Waals surface area contributed by atoms with Gasteiger partial charge in [-0.2, -0.15) is 5.26 Å². The first kappa shape index (κ1) is 15.7. The zero-order valence-electron chi connectivity index (χ0n) is 12.3. The fraction of sp³-hybridized carbons (Fsp3) is 0.235. The SMILES string of the molecule is N#Cc1c(F)cccc1S(=O)(=O)NC1CCCc2ccccc21. The van der Waals surface area contributed by atoms with Crippen molar-refractivity contribution in [2.24, 2.45) is 0 Å². The second-order valence-corrected chi connectivity index (χ2v) is 7.17. The van der Waals surface area contributed by atoms with Crippen LogP contribution in [-0.4, -0.2) is 8.42 Å². The van der Waals surface area contributed by atoms with Gasteiger partial charge in [-0.3, -0.25) is 0 Å². The van der Waals surface area contributed by atoms with Gasteiger partial charge in [-0.1, -0.05) is 30.3 Å². The summed E-state index contributed by atoms with van der Waals surface area (Å²) in [4.78, 5) is -0.317. The van der Waals surface area contributed by atoms with Crippen LogP contribution in [0.4, 0.5) is 4.39 Å². The lowest BCUT2D eigenvalue weighted by atomic mass is 9.88. The van der Waals surface area contributed by atoms with Crippen LogP contribution in [0.3, 0.4) is 0 Å². The van der Waals surface area contributed by atoms with Gasteiger partial charge >= 0.3 is 0 Å². The van der Waals surface area contributed by atoms with Gasteiger partial charge in [-0.15, -0.1) is 0 Å². The van der Waals surface area contributed by atoms with Crippen LogP contribution in [-0.2, 0) is 16.4 Å². The van der Waals surface area contributed by atoms with E-state index in [2.05, 4.69) is 4.72 Å². The molecular weight excluding hydrogens is 315 g/mol. The van der Waals surface area contributed by atoms with Crippen LogP contribution in [0, 0.1) is 17.1 Å². The molecule has 0 saturated carbocycles. The van der Waals surface area contributed by atoms with Gasteiger partial charge in [0.05, 0.1) is 0 Å². The highest BCUT2D eigenvalue weighted by Crippen LogP contribution is 2.31. The molecular formula is C17H15FN2O2S. The van der Waals surface area contributed by atoms with E-state index in [0.717, 1.165) is 30.0 Å². The first-order valence-electron chi connectivity index (χ1n) is 7.31. The minimum Gasteiger partial charge on any atom is -0.207 e. The Bertz CT molecular complexity index is 888. The molecule has 0 fully saturated rings. The zero-order valence-corrected chi connectivity index (χ0v) is 13.1. The number of nitriles is 1. The highest BCUT2D eigenvalue weighted by molar-refractivity contribution is 7.89. The summed E-state index contributed by atoms with van der Waals surface area (Å²) in [6.07, 6.45) is 2.46. The topological polar surface area (TPSA) is 70.0 Å². The first-order chi connectivity index (χ1) is 11.0. The Morgan fingerprint density at radius 2 is 1.96 bits per heavy atom. The molecule has 0 amide bonds. The number of hydrogen-bond acceptors (Lipinski definition) is 3. The first-order valence-corrected chi connectivity index (χ1v) is 8.80. The smallest absolute Gasteiger partial charge is 0.207 e. The predicted octanol–water partition coefficient (Wildman–Crippen LogP) is 3.05. The van der Waals surface area contributed by atoms with Gasteiger partial charge in [0.15, 0.2) is 0 Å². The fourth-order valence-electron chi connectivity index (χ4n) is 2.96. The van der Waals surface area contributed by atoms with Gasteiger partial charge in [-0.05, 0) is 42.5 Å². The van der Waals surface area contributed by atoms with Crippen LogP contribution in [0.15, 0.2) is 47.4 Å². The van der Waals surface area contributed by atoms with Crippen molar-refractivity contribution in [1.82, 2.24) is 4.72 Å². The Balaban J connectivity index is 1.98. The number of sulfonamides is 1. The van der Waals surface area contributed by atoms with Gasteiger partial charge < -0.3 is 0 Å². The van der Waals surface area contributed by atoms with Gasteiger partial charge in [0.2, 0.25) is 10.0 Å². The summed E-state index contributed by atoms with van der Waals surface area (Å²) < 4.78 is 41.5. The molecule has 1 aliphatic rings. The fourth-order valence-corrected chi connectivity index (χ4v) is 4.38. The molecule has 0 aromatic heterocycles. The number of rotatable bonds is 3. The quantitative estimate of drug-likeness (QED) is 0.940. The van der Waals surface area contributed by atoms with E-state index in [-0.39, 0.29) is 10.9 Å². The molecule has 1 atom stereocenters. The van der Waals surface area contributed by atoms with E-state index < -0.39 is 21.4 Å². The number of hydrogen-bond donors (Lipinski definition) is 1. The average Bonchev–Trinajstić information content (AvgIpc) is 2.54. The van der Waals surface area contributed by atoms with Crippen molar-refractivity contribution in [2.75, 3.05) is 0 Å². The van der Waals surface area contributed by atoms with Crippen LogP contribution >= 0.6 is 0 Å². The summed E-state index contributed by atoms with van der Waals surface area (Å²) >= 11 is 0. The van der Waals surface area contributed by atoms with E-state index in [0.29, 0.717) is 6.42 Å². The van der Waals surface area contributed by atoms with Gasteiger partial charge in [0, 0.05) is 6.04 Å². The normalized spacial score (nSPS) is 17.3. The molecule has 1 aliphatic carbocycles. The molecule has 0 saturated heterocycles. The minimum atomic E-state index is -3.98. The summed E-state index contributed by atoms with van der Waals surface area (Å²) in [6, 6.07) is 12.6. The number of nitrogens with zero attached hydrogens (tertiary/aromatic N) is 1. The molecule has 2 aromatic carbocycles. The van der Waals surface area contributed by atoms with E-state index in [9.17, 15) is 12.8 Å². The third-order valence-corrected chi connectivity index (χ3v) is 5.56. The lowest BCUT2D eigenvalue weighted by Gasteiger charge is -2.26. The highest BCUT2D eigenvalue weighted by Gasteiger charge is 2.28. The lowest BCUT2D eigenvalue weighted by molar-refractivity contribution is 0.506. The Morgan fingerprint density at radius 1 is 1.17 bits per heavy atom. The molecule has 0 heterocycles. The monoisotopic (exact) mass is 330 g/mol. The Labute approximate surface area is 134 Å². The molecule has 23 heavy (non-hydrogen) atoms. The molecule has 1 unspecified atom stereocenters. The summed E-state index contributed by atoms with van der Waals surface area (Å²) in [6.45, 7) is 0. The lowest BCUT2D eigenvalue weighted by Crippen LogP contribution is -2.31. The highest BCUT2D eigenvalue weighted by atomic mass is 32.2. The van der Waals surface area contributed by atoms with E-state index in [1.165, 1.54) is 12.1 Å².